The number of nitrogens with one attached hydrogen (secondary N) is 2. The van der Waals surface area contributed by atoms with E-state index in [4.69, 9.17) is 5.73 Å². The van der Waals surface area contributed by atoms with Gasteiger partial charge in [0.05, 0.1) is 6.54 Å². The number of aromatic amines is 1. The summed E-state index contributed by atoms with van der Waals surface area (Å²) in [4.78, 5) is 26.9. The number of hydrogen-bond acceptors (Lipinski definition) is 5. The Hall–Kier alpha value is -2.64. The van der Waals surface area contributed by atoms with E-state index in [1.165, 1.54) is 29.2 Å². The van der Waals surface area contributed by atoms with Gasteiger partial charge in [0, 0.05) is 18.0 Å². The Morgan fingerprint density at radius 2 is 2.33 bits per heavy atom. The first-order chi connectivity index (χ1) is 8.65. The molecule has 0 saturated carbocycles. The molecule has 0 aliphatic carbocycles. The lowest BCUT2D eigenvalue weighted by Crippen LogP contribution is -2.31. The molecule has 94 valence electrons. The highest BCUT2D eigenvalue weighted by atomic mass is 16.2. The molecule has 0 aliphatic heterocycles. The van der Waals surface area contributed by atoms with Crippen LogP contribution in [-0.4, -0.2) is 25.7 Å². The molecule has 0 atom stereocenters. The third kappa shape index (κ3) is 2.94. The van der Waals surface area contributed by atoms with Gasteiger partial charge in [-0.3, -0.25) is 14.7 Å². The van der Waals surface area contributed by atoms with Crippen LogP contribution >= 0.6 is 0 Å². The summed E-state index contributed by atoms with van der Waals surface area (Å²) in [6.07, 6.45) is 2.78. The van der Waals surface area contributed by atoms with Crippen molar-refractivity contribution >= 4 is 11.6 Å². The first-order valence-corrected chi connectivity index (χ1v) is 5.22. The maximum absolute atomic E-state index is 11.6. The topological polar surface area (TPSA) is 119 Å². The average molecular weight is 248 g/mol. The van der Waals surface area contributed by atoms with Gasteiger partial charge in [-0.25, -0.2) is 4.98 Å². The molecular formula is C10H12N6O2. The van der Waals surface area contributed by atoms with Crippen molar-refractivity contribution in [3.63, 3.8) is 0 Å². The minimum atomic E-state index is -0.306. The molecule has 0 spiro atoms. The summed E-state index contributed by atoms with van der Waals surface area (Å²) in [6, 6.07) is 2.81. The Labute approximate surface area is 102 Å². The molecule has 4 N–H and O–H groups in total. The lowest BCUT2D eigenvalue weighted by molar-refractivity contribution is -0.121. The van der Waals surface area contributed by atoms with Crippen molar-refractivity contribution in [3.05, 3.63) is 40.8 Å². The Balaban J connectivity index is 1.95. The van der Waals surface area contributed by atoms with Crippen molar-refractivity contribution in [2.45, 2.75) is 13.1 Å². The monoisotopic (exact) mass is 248 g/mol. The third-order valence-corrected chi connectivity index (χ3v) is 2.24. The predicted molar refractivity (Wildman–Crippen MR) is 63.3 cm³/mol. The van der Waals surface area contributed by atoms with Crippen LogP contribution in [0.2, 0.25) is 0 Å². The molecule has 2 rings (SSSR count). The zero-order chi connectivity index (χ0) is 13.0. The second-order valence-corrected chi connectivity index (χ2v) is 3.64. The Morgan fingerprint density at radius 1 is 1.50 bits per heavy atom. The lowest BCUT2D eigenvalue weighted by atomic mass is 10.4. The minimum Gasteiger partial charge on any atom is -0.398 e. The first-order valence-electron chi connectivity index (χ1n) is 5.22. The van der Waals surface area contributed by atoms with Gasteiger partial charge in [-0.2, -0.15) is 5.10 Å². The van der Waals surface area contributed by atoms with Crippen molar-refractivity contribution in [2.75, 3.05) is 5.73 Å². The summed E-state index contributed by atoms with van der Waals surface area (Å²) < 4.78 is 1.24. The first kappa shape index (κ1) is 11.8. The average Bonchev–Trinajstić information content (AvgIpc) is 2.84. The molecule has 8 heteroatoms. The molecule has 0 saturated heterocycles. The number of hydrogen-bond donors (Lipinski definition) is 3. The number of amides is 1. The van der Waals surface area contributed by atoms with Crippen LogP contribution in [0.25, 0.3) is 0 Å². The molecule has 8 nitrogen and oxygen atoms in total. The maximum atomic E-state index is 11.6. The number of carbonyl (C=O) groups is 1. The summed E-state index contributed by atoms with van der Waals surface area (Å²) in [5.74, 6) is 0.238. The van der Waals surface area contributed by atoms with Crippen LogP contribution in [0.4, 0.5) is 5.69 Å². The molecule has 0 bridgehead atoms. The number of H-pyrrole nitrogens is 1. The van der Waals surface area contributed by atoms with Gasteiger partial charge in [0.1, 0.15) is 18.7 Å². The fraction of sp³-hybridized carbons (Fsp3) is 0.200. The van der Waals surface area contributed by atoms with Gasteiger partial charge in [0.25, 0.3) is 5.56 Å². The van der Waals surface area contributed by atoms with Crippen molar-refractivity contribution < 1.29 is 4.79 Å². The van der Waals surface area contributed by atoms with E-state index < -0.39 is 0 Å². The molecule has 1 amide bonds. The van der Waals surface area contributed by atoms with Gasteiger partial charge in [0.2, 0.25) is 5.91 Å². The molecule has 0 fully saturated rings. The van der Waals surface area contributed by atoms with Gasteiger partial charge in [-0.05, 0) is 6.07 Å². The van der Waals surface area contributed by atoms with Crippen LogP contribution in [0.5, 0.6) is 0 Å². The van der Waals surface area contributed by atoms with E-state index in [0.29, 0.717) is 11.5 Å². The fourth-order valence-electron chi connectivity index (χ4n) is 1.38. The molecule has 2 aromatic heterocycles. The van der Waals surface area contributed by atoms with Crippen LogP contribution in [0, 0.1) is 0 Å². The largest absolute Gasteiger partial charge is 0.398 e. The molecule has 2 heterocycles. The minimum absolute atomic E-state index is 0.0853. The Bertz CT molecular complexity index is 589. The van der Waals surface area contributed by atoms with Crippen molar-refractivity contribution in [1.29, 1.82) is 0 Å². The lowest BCUT2D eigenvalue weighted by Gasteiger charge is -2.06. The van der Waals surface area contributed by atoms with Crippen molar-refractivity contribution in [1.82, 2.24) is 25.1 Å². The predicted octanol–water partition coefficient (Wildman–Crippen LogP) is -1.13. The number of rotatable bonds is 4. The van der Waals surface area contributed by atoms with Gasteiger partial charge >= 0.3 is 0 Å². The summed E-state index contributed by atoms with van der Waals surface area (Å²) >= 11 is 0. The van der Waals surface area contributed by atoms with E-state index >= 15 is 0 Å². The number of aromatic nitrogens is 4. The Morgan fingerprint density at radius 3 is 3.06 bits per heavy atom. The number of carbonyl (C=O) groups excluding carboxylic acids is 1. The third-order valence-electron chi connectivity index (χ3n) is 2.24. The van der Waals surface area contributed by atoms with Crippen LogP contribution in [0.1, 0.15) is 5.82 Å². The van der Waals surface area contributed by atoms with E-state index in [0.717, 1.165) is 0 Å². The second-order valence-electron chi connectivity index (χ2n) is 3.64. The van der Waals surface area contributed by atoms with Crippen LogP contribution in [0.3, 0.4) is 0 Å². The number of nitrogen functional groups attached to an aromatic ring is 1. The highest BCUT2D eigenvalue weighted by Gasteiger charge is 2.05. The number of nitrogens with zero attached hydrogens (tertiary/aromatic N) is 3. The maximum Gasteiger partial charge on any atom is 0.251 e. The standard InChI is InChI=1S/C10H12N6O2/c11-7-1-2-10(18)16(4-7)5-9(17)12-3-8-13-6-14-15-8/h1-2,4,6H,3,5,11H2,(H,12,17)(H,13,14,15). The van der Waals surface area contributed by atoms with Gasteiger partial charge in [0.15, 0.2) is 0 Å². The molecule has 0 unspecified atom stereocenters. The van der Waals surface area contributed by atoms with E-state index in [9.17, 15) is 9.59 Å². The normalized spacial score (nSPS) is 10.2. The van der Waals surface area contributed by atoms with Gasteiger partial charge < -0.3 is 15.6 Å². The summed E-state index contributed by atoms with van der Waals surface area (Å²) in [6.45, 7) is 0.147. The molecule has 0 radical (unpaired) electrons. The number of anilines is 1. The quantitative estimate of drug-likeness (QED) is 0.632. The van der Waals surface area contributed by atoms with Gasteiger partial charge in [-0.15, -0.1) is 0 Å². The number of pyridine rings is 1. The number of nitrogens with two attached hydrogens (primary N) is 1. The summed E-state index contributed by atoms with van der Waals surface area (Å²) in [5.41, 5.74) is 5.69. The SMILES string of the molecule is Nc1ccc(=O)n(CC(=O)NCc2ncn[nH]2)c1. The molecule has 18 heavy (non-hydrogen) atoms. The second kappa shape index (κ2) is 5.13. The Kier molecular flexibility index (Phi) is 3.37. The van der Waals surface area contributed by atoms with Crippen LogP contribution < -0.4 is 16.6 Å². The van der Waals surface area contributed by atoms with E-state index in [2.05, 4.69) is 20.5 Å². The van der Waals surface area contributed by atoms with Gasteiger partial charge in [-0.1, -0.05) is 0 Å². The van der Waals surface area contributed by atoms with Crippen LogP contribution in [0.15, 0.2) is 29.5 Å². The van der Waals surface area contributed by atoms with E-state index in [-0.39, 0.29) is 24.6 Å². The smallest absolute Gasteiger partial charge is 0.251 e. The van der Waals surface area contributed by atoms with Crippen molar-refractivity contribution in [2.24, 2.45) is 0 Å². The highest BCUT2D eigenvalue weighted by Crippen LogP contribution is 1.95. The molecule has 0 aromatic carbocycles. The fourth-order valence-corrected chi connectivity index (χ4v) is 1.38. The molecule has 0 aliphatic rings. The summed E-state index contributed by atoms with van der Waals surface area (Å²) in [5, 5.41) is 8.87. The molecule has 2 aromatic rings. The highest BCUT2D eigenvalue weighted by molar-refractivity contribution is 5.75. The van der Waals surface area contributed by atoms with E-state index in [1.807, 2.05) is 0 Å². The van der Waals surface area contributed by atoms with E-state index in [1.54, 1.807) is 0 Å². The zero-order valence-corrected chi connectivity index (χ0v) is 9.46. The molecular weight excluding hydrogens is 236 g/mol. The zero-order valence-electron chi connectivity index (χ0n) is 9.46. The van der Waals surface area contributed by atoms with Crippen LogP contribution in [-0.2, 0) is 17.9 Å². The van der Waals surface area contributed by atoms with Crippen molar-refractivity contribution in [3.8, 4) is 0 Å². The summed E-state index contributed by atoms with van der Waals surface area (Å²) in [7, 11) is 0.